The molecule has 3 heterocycles. The van der Waals surface area contributed by atoms with Gasteiger partial charge in [-0.15, -0.1) is 0 Å². The van der Waals surface area contributed by atoms with Crippen molar-refractivity contribution in [3.63, 3.8) is 0 Å². The Balaban J connectivity index is 1.42. The molecule has 1 N–H and O–H groups in total. The zero-order chi connectivity index (χ0) is 24.6. The molecule has 3 aromatic rings. The Labute approximate surface area is 197 Å². The first-order valence-electron chi connectivity index (χ1n) is 11.2. The summed E-state index contributed by atoms with van der Waals surface area (Å²) in [6.45, 7) is 10.8. The van der Waals surface area contributed by atoms with Crippen LogP contribution >= 0.6 is 0 Å². The van der Waals surface area contributed by atoms with Gasteiger partial charge in [0, 0.05) is 43.8 Å². The summed E-state index contributed by atoms with van der Waals surface area (Å²) in [5.74, 6) is -1.06. The minimum Gasteiger partial charge on any atom is -0.444 e. The van der Waals surface area contributed by atoms with Crippen molar-refractivity contribution < 1.29 is 18.7 Å². The second-order valence-corrected chi connectivity index (χ2v) is 9.51. The van der Waals surface area contributed by atoms with Gasteiger partial charge in [0.1, 0.15) is 17.1 Å². The minimum atomic E-state index is -0.559. The van der Waals surface area contributed by atoms with Gasteiger partial charge in [-0.2, -0.15) is 0 Å². The number of aromatic nitrogens is 3. The van der Waals surface area contributed by atoms with Crippen molar-refractivity contribution >= 4 is 29.0 Å². The summed E-state index contributed by atoms with van der Waals surface area (Å²) in [5, 5.41) is 2.58. The third-order valence-electron chi connectivity index (χ3n) is 5.52. The van der Waals surface area contributed by atoms with Crippen molar-refractivity contribution in [1.82, 2.24) is 19.3 Å². The number of halogens is 1. The van der Waals surface area contributed by atoms with E-state index in [1.807, 2.05) is 39.5 Å². The molecule has 0 aliphatic carbocycles. The maximum absolute atomic E-state index is 14.9. The SMILES string of the molecule is Cc1cn2cc(C(=O)Nc3ccc(N4CCN(C(=O)OC(C)(C)C)[C@H](C)C4)cc3F)ncc2n1. The number of hydrogen-bond donors (Lipinski definition) is 1. The van der Waals surface area contributed by atoms with Crippen LogP contribution in [-0.4, -0.2) is 62.5 Å². The van der Waals surface area contributed by atoms with E-state index in [1.165, 1.54) is 18.3 Å². The van der Waals surface area contributed by atoms with E-state index in [2.05, 4.69) is 15.3 Å². The number of rotatable bonds is 3. The maximum atomic E-state index is 14.9. The first kappa shape index (κ1) is 23.5. The van der Waals surface area contributed by atoms with Gasteiger partial charge in [-0.05, 0) is 52.8 Å². The van der Waals surface area contributed by atoms with Gasteiger partial charge in [0.05, 0.1) is 17.6 Å². The molecule has 1 atom stereocenters. The number of ether oxygens (including phenoxy) is 1. The lowest BCUT2D eigenvalue weighted by Crippen LogP contribution is -2.55. The lowest BCUT2D eigenvalue weighted by Gasteiger charge is -2.41. The van der Waals surface area contributed by atoms with E-state index < -0.39 is 17.3 Å². The Morgan fingerprint density at radius 3 is 2.65 bits per heavy atom. The van der Waals surface area contributed by atoms with E-state index in [4.69, 9.17) is 4.74 Å². The van der Waals surface area contributed by atoms with Crippen LogP contribution in [-0.2, 0) is 4.74 Å². The largest absolute Gasteiger partial charge is 0.444 e. The summed E-state index contributed by atoms with van der Waals surface area (Å²) < 4.78 is 22.0. The number of hydrogen-bond acceptors (Lipinski definition) is 6. The van der Waals surface area contributed by atoms with Crippen LogP contribution in [0.3, 0.4) is 0 Å². The number of carbonyl (C=O) groups excluding carboxylic acids is 2. The van der Waals surface area contributed by atoms with Gasteiger partial charge >= 0.3 is 6.09 Å². The molecule has 9 nitrogen and oxygen atoms in total. The molecule has 0 saturated carbocycles. The number of aryl methyl sites for hydroxylation is 1. The molecular weight excluding hydrogens is 439 g/mol. The average molecular weight is 469 g/mol. The fourth-order valence-electron chi connectivity index (χ4n) is 3.92. The Hall–Kier alpha value is -3.69. The Morgan fingerprint density at radius 2 is 1.97 bits per heavy atom. The van der Waals surface area contributed by atoms with Gasteiger partial charge in [0.25, 0.3) is 5.91 Å². The van der Waals surface area contributed by atoms with E-state index in [1.54, 1.807) is 27.8 Å². The molecule has 1 aliphatic rings. The number of anilines is 2. The smallest absolute Gasteiger partial charge is 0.410 e. The number of nitrogens with zero attached hydrogens (tertiary/aromatic N) is 5. The van der Waals surface area contributed by atoms with Crippen molar-refractivity contribution in [2.75, 3.05) is 29.9 Å². The molecule has 2 aromatic heterocycles. The predicted molar refractivity (Wildman–Crippen MR) is 127 cm³/mol. The van der Waals surface area contributed by atoms with Crippen LogP contribution in [0.5, 0.6) is 0 Å². The summed E-state index contributed by atoms with van der Waals surface area (Å²) >= 11 is 0. The molecule has 2 amide bonds. The second kappa shape index (κ2) is 8.92. The zero-order valence-corrected chi connectivity index (χ0v) is 20.0. The number of piperazine rings is 1. The Bertz CT molecular complexity index is 1240. The van der Waals surface area contributed by atoms with Crippen LogP contribution in [0, 0.1) is 12.7 Å². The van der Waals surface area contributed by atoms with Crippen LogP contribution in [0.2, 0.25) is 0 Å². The number of imidazole rings is 1. The lowest BCUT2D eigenvalue weighted by molar-refractivity contribution is 0.0159. The van der Waals surface area contributed by atoms with E-state index in [-0.39, 0.29) is 23.5 Å². The fourth-order valence-corrected chi connectivity index (χ4v) is 3.92. The molecule has 0 unspecified atom stereocenters. The zero-order valence-electron chi connectivity index (χ0n) is 20.0. The highest BCUT2D eigenvalue weighted by atomic mass is 19.1. The number of nitrogens with one attached hydrogen (secondary N) is 1. The highest BCUT2D eigenvalue weighted by Gasteiger charge is 2.31. The molecule has 1 saturated heterocycles. The summed E-state index contributed by atoms with van der Waals surface area (Å²) in [5.41, 5.74) is 1.78. The lowest BCUT2D eigenvalue weighted by atomic mass is 10.1. The molecule has 0 radical (unpaired) electrons. The molecule has 34 heavy (non-hydrogen) atoms. The number of amides is 2. The third-order valence-corrected chi connectivity index (χ3v) is 5.52. The predicted octanol–water partition coefficient (Wildman–Crippen LogP) is 3.87. The van der Waals surface area contributed by atoms with E-state index in [0.717, 1.165) is 5.69 Å². The highest BCUT2D eigenvalue weighted by Crippen LogP contribution is 2.25. The van der Waals surface area contributed by atoms with Gasteiger partial charge in [-0.1, -0.05) is 0 Å². The van der Waals surface area contributed by atoms with Gasteiger partial charge in [0.2, 0.25) is 0 Å². The topological polar surface area (TPSA) is 92.1 Å². The molecular formula is C24H29FN6O3. The van der Waals surface area contributed by atoms with Crippen LogP contribution < -0.4 is 10.2 Å². The van der Waals surface area contributed by atoms with Gasteiger partial charge in [0.15, 0.2) is 5.65 Å². The highest BCUT2D eigenvalue weighted by molar-refractivity contribution is 6.02. The average Bonchev–Trinajstić information content (AvgIpc) is 3.12. The molecule has 1 aromatic carbocycles. The molecule has 4 rings (SSSR count). The molecule has 0 spiro atoms. The van der Waals surface area contributed by atoms with Crippen LogP contribution in [0.25, 0.3) is 5.65 Å². The second-order valence-electron chi connectivity index (χ2n) is 9.51. The van der Waals surface area contributed by atoms with Gasteiger partial charge in [-0.25, -0.2) is 19.2 Å². The monoisotopic (exact) mass is 468 g/mol. The maximum Gasteiger partial charge on any atom is 0.410 e. The molecule has 1 aliphatic heterocycles. The van der Waals surface area contributed by atoms with Gasteiger partial charge < -0.3 is 24.3 Å². The minimum absolute atomic E-state index is 0.0675. The van der Waals surface area contributed by atoms with E-state index in [0.29, 0.717) is 31.0 Å². The van der Waals surface area contributed by atoms with Crippen LogP contribution in [0.4, 0.5) is 20.6 Å². The van der Waals surface area contributed by atoms with Crippen molar-refractivity contribution in [2.24, 2.45) is 0 Å². The van der Waals surface area contributed by atoms with Crippen molar-refractivity contribution in [3.8, 4) is 0 Å². The standard InChI is InChI=1S/C24H29FN6O3/c1-15-12-30-14-20(26-11-21(30)27-15)22(32)28-19-7-6-17(10-18(19)25)29-8-9-31(16(2)13-29)23(33)34-24(3,4)5/h6-7,10-12,14,16H,8-9,13H2,1-5H3,(H,28,32)/t16-/m1/s1. The summed E-state index contributed by atoms with van der Waals surface area (Å²) in [4.78, 5) is 37.1. The first-order valence-corrected chi connectivity index (χ1v) is 11.2. The normalized spacial score (nSPS) is 16.6. The summed E-state index contributed by atoms with van der Waals surface area (Å²) in [6, 6.07) is 4.58. The third kappa shape index (κ3) is 5.11. The van der Waals surface area contributed by atoms with Crippen LogP contribution in [0.15, 0.2) is 36.8 Å². The van der Waals surface area contributed by atoms with E-state index >= 15 is 0 Å². The van der Waals surface area contributed by atoms with Crippen LogP contribution in [0.1, 0.15) is 43.9 Å². The Morgan fingerprint density at radius 1 is 1.21 bits per heavy atom. The fraction of sp³-hybridized carbons (Fsp3) is 0.417. The quantitative estimate of drug-likeness (QED) is 0.627. The summed E-state index contributed by atoms with van der Waals surface area (Å²) in [6.07, 6.45) is 4.50. The number of benzene rings is 1. The molecule has 180 valence electrons. The first-order chi connectivity index (χ1) is 16.0. The number of fused-ring (bicyclic) bond motifs is 1. The number of carbonyl (C=O) groups is 2. The van der Waals surface area contributed by atoms with Crippen molar-refractivity contribution in [3.05, 3.63) is 54.0 Å². The Kier molecular flexibility index (Phi) is 6.16. The molecule has 0 bridgehead atoms. The molecule has 1 fully saturated rings. The summed E-state index contributed by atoms with van der Waals surface area (Å²) in [7, 11) is 0. The van der Waals surface area contributed by atoms with Crippen molar-refractivity contribution in [1.29, 1.82) is 0 Å². The van der Waals surface area contributed by atoms with Crippen molar-refractivity contribution in [2.45, 2.75) is 46.3 Å². The molecule has 10 heteroatoms. The van der Waals surface area contributed by atoms with E-state index in [9.17, 15) is 14.0 Å². The van der Waals surface area contributed by atoms with Gasteiger partial charge in [-0.3, -0.25) is 4.79 Å².